The highest BCUT2D eigenvalue weighted by Gasteiger charge is 2.37. The monoisotopic (exact) mass is 468 g/mol. The van der Waals surface area contributed by atoms with Crippen LogP contribution in [0.5, 0.6) is 5.75 Å². The molecule has 1 heterocycles. The number of rotatable bonds is 7. The third-order valence-corrected chi connectivity index (χ3v) is 7.73. The molecule has 1 aliphatic heterocycles. The van der Waals surface area contributed by atoms with Gasteiger partial charge in [-0.1, -0.05) is 36.4 Å². The number of hydrogen-bond donors (Lipinski definition) is 1. The van der Waals surface area contributed by atoms with Gasteiger partial charge < -0.3 is 10.1 Å². The second-order valence-corrected chi connectivity index (χ2v) is 9.75. The van der Waals surface area contributed by atoms with Crippen LogP contribution in [0.3, 0.4) is 0 Å². The maximum Gasteiger partial charge on any atom is 0.243 e. The summed E-state index contributed by atoms with van der Waals surface area (Å²) in [5.41, 5.74) is 2.74. The van der Waals surface area contributed by atoms with E-state index in [1.54, 1.807) is 7.11 Å². The number of carbonyl (C=O) groups is 1. The molecule has 1 N–H and O–H groups in total. The molecule has 0 saturated carbocycles. The van der Waals surface area contributed by atoms with E-state index in [-0.39, 0.29) is 23.8 Å². The van der Waals surface area contributed by atoms with Crippen molar-refractivity contribution in [2.45, 2.75) is 30.3 Å². The summed E-state index contributed by atoms with van der Waals surface area (Å²) >= 11 is 0. The smallest absolute Gasteiger partial charge is 0.243 e. The van der Waals surface area contributed by atoms with Crippen molar-refractivity contribution in [2.75, 3.05) is 13.7 Å². The normalized spacial score (nSPS) is 16.1. The van der Waals surface area contributed by atoms with Crippen molar-refractivity contribution in [2.24, 2.45) is 0 Å². The quantitative estimate of drug-likeness (QED) is 0.572. The van der Waals surface area contributed by atoms with Crippen LogP contribution in [-0.2, 0) is 27.8 Å². The molecule has 0 fully saturated rings. The summed E-state index contributed by atoms with van der Waals surface area (Å²) in [6.07, 6.45) is 0.522. The molecule has 1 amide bonds. The van der Waals surface area contributed by atoms with Gasteiger partial charge in [-0.15, -0.1) is 0 Å². The van der Waals surface area contributed by atoms with Crippen molar-refractivity contribution >= 4 is 15.9 Å². The van der Waals surface area contributed by atoms with Gasteiger partial charge in [-0.3, -0.25) is 4.79 Å². The fourth-order valence-corrected chi connectivity index (χ4v) is 5.67. The lowest BCUT2D eigenvalue weighted by Crippen LogP contribution is -2.42. The predicted molar refractivity (Wildman–Crippen MR) is 123 cm³/mol. The molecule has 172 valence electrons. The maximum atomic E-state index is 13.4. The molecule has 0 saturated heterocycles. The first-order valence-corrected chi connectivity index (χ1v) is 12.1. The first-order chi connectivity index (χ1) is 15.9. The van der Waals surface area contributed by atoms with Crippen LogP contribution in [0.15, 0.2) is 77.7 Å². The predicted octanol–water partition coefficient (Wildman–Crippen LogP) is 3.83. The molecule has 0 aliphatic carbocycles. The average molecular weight is 469 g/mol. The van der Waals surface area contributed by atoms with Gasteiger partial charge in [-0.25, -0.2) is 12.8 Å². The number of benzene rings is 3. The van der Waals surface area contributed by atoms with E-state index in [2.05, 4.69) is 5.32 Å². The first-order valence-electron chi connectivity index (χ1n) is 10.6. The van der Waals surface area contributed by atoms with Gasteiger partial charge in [-0.05, 0) is 59.5 Å². The van der Waals surface area contributed by atoms with Crippen LogP contribution in [0.1, 0.15) is 29.2 Å². The van der Waals surface area contributed by atoms with Gasteiger partial charge in [-0.2, -0.15) is 4.31 Å². The lowest BCUT2D eigenvalue weighted by molar-refractivity contribution is -0.122. The van der Waals surface area contributed by atoms with Crippen molar-refractivity contribution in [1.29, 1.82) is 0 Å². The number of hydrogen-bond acceptors (Lipinski definition) is 4. The van der Waals surface area contributed by atoms with Gasteiger partial charge in [0.15, 0.2) is 0 Å². The van der Waals surface area contributed by atoms with Gasteiger partial charge in [0, 0.05) is 19.5 Å². The van der Waals surface area contributed by atoms with Crippen molar-refractivity contribution in [3.8, 4) is 5.75 Å². The van der Waals surface area contributed by atoms with Gasteiger partial charge in [0.1, 0.15) is 11.6 Å². The zero-order chi connectivity index (χ0) is 23.4. The molecule has 0 bridgehead atoms. The number of nitrogens with zero attached hydrogens (tertiary/aromatic N) is 1. The Hall–Kier alpha value is -3.23. The summed E-state index contributed by atoms with van der Waals surface area (Å²) in [6, 6.07) is 19.0. The Morgan fingerprint density at radius 3 is 2.45 bits per heavy atom. The largest absolute Gasteiger partial charge is 0.497 e. The van der Waals surface area contributed by atoms with Gasteiger partial charge in [0.2, 0.25) is 15.9 Å². The van der Waals surface area contributed by atoms with Crippen molar-refractivity contribution < 1.29 is 22.3 Å². The summed E-state index contributed by atoms with van der Waals surface area (Å²) in [4.78, 5) is 12.9. The molecule has 1 atom stereocenters. The van der Waals surface area contributed by atoms with E-state index in [9.17, 15) is 17.6 Å². The average Bonchev–Trinajstić information content (AvgIpc) is 2.83. The number of amides is 1. The van der Waals surface area contributed by atoms with E-state index in [1.165, 1.54) is 16.4 Å². The molecular weight excluding hydrogens is 443 g/mol. The standard InChI is InChI=1S/C25H25FN2O4S/c1-32-21-10-6-18(7-11-21)17-27-25(29)16-24-23-5-3-2-4-19(23)14-15-28(24)33(30,31)22-12-8-20(26)9-13-22/h2-13,24H,14-17H2,1H3,(H,27,29)/t24-/m0/s1. The summed E-state index contributed by atoms with van der Waals surface area (Å²) in [7, 11) is -2.33. The van der Waals surface area contributed by atoms with Crippen LogP contribution in [0.4, 0.5) is 4.39 Å². The number of ether oxygens (including phenoxy) is 1. The van der Waals surface area contributed by atoms with Gasteiger partial charge >= 0.3 is 0 Å². The lowest BCUT2D eigenvalue weighted by Gasteiger charge is -2.36. The highest BCUT2D eigenvalue weighted by atomic mass is 32.2. The molecule has 6 nitrogen and oxygen atoms in total. The summed E-state index contributed by atoms with van der Waals surface area (Å²) in [5, 5.41) is 2.88. The van der Waals surface area contributed by atoms with Crippen molar-refractivity contribution in [3.63, 3.8) is 0 Å². The Morgan fingerprint density at radius 2 is 1.76 bits per heavy atom. The van der Waals surface area contributed by atoms with E-state index in [4.69, 9.17) is 4.74 Å². The van der Waals surface area contributed by atoms with Crippen molar-refractivity contribution in [1.82, 2.24) is 9.62 Å². The van der Waals surface area contributed by atoms with Crippen LogP contribution in [-0.4, -0.2) is 32.3 Å². The minimum Gasteiger partial charge on any atom is -0.497 e. The molecule has 33 heavy (non-hydrogen) atoms. The maximum absolute atomic E-state index is 13.4. The van der Waals surface area contributed by atoms with Gasteiger partial charge in [0.25, 0.3) is 0 Å². The second kappa shape index (κ2) is 9.72. The van der Waals surface area contributed by atoms with Crippen LogP contribution in [0.2, 0.25) is 0 Å². The second-order valence-electron chi connectivity index (χ2n) is 7.86. The topological polar surface area (TPSA) is 75.7 Å². The highest BCUT2D eigenvalue weighted by molar-refractivity contribution is 7.89. The zero-order valence-corrected chi connectivity index (χ0v) is 19.0. The third kappa shape index (κ3) is 5.07. The molecule has 0 spiro atoms. The number of halogens is 1. The van der Waals surface area contributed by atoms with E-state index in [0.29, 0.717) is 13.0 Å². The fourth-order valence-electron chi connectivity index (χ4n) is 4.06. The zero-order valence-electron chi connectivity index (χ0n) is 18.2. The van der Waals surface area contributed by atoms with E-state index < -0.39 is 21.9 Å². The Labute approximate surface area is 193 Å². The summed E-state index contributed by atoms with van der Waals surface area (Å²) < 4.78 is 46.7. The van der Waals surface area contributed by atoms with E-state index in [1.807, 2.05) is 48.5 Å². The molecular formula is C25H25FN2O4S. The Balaban J connectivity index is 1.56. The number of nitrogens with one attached hydrogen (secondary N) is 1. The van der Waals surface area contributed by atoms with Crippen LogP contribution in [0, 0.1) is 5.82 Å². The summed E-state index contributed by atoms with van der Waals surface area (Å²) in [5.74, 6) is -0.0373. The molecule has 4 rings (SSSR count). The highest BCUT2D eigenvalue weighted by Crippen LogP contribution is 2.36. The van der Waals surface area contributed by atoms with Crippen molar-refractivity contribution in [3.05, 3.63) is 95.3 Å². The third-order valence-electron chi connectivity index (χ3n) is 5.81. The molecule has 3 aromatic rings. The SMILES string of the molecule is COc1ccc(CNC(=O)C[C@H]2c3ccccc3CCN2S(=O)(=O)c2ccc(F)cc2)cc1. The van der Waals surface area contributed by atoms with E-state index >= 15 is 0 Å². The minimum absolute atomic E-state index is 0.00641. The number of sulfonamides is 1. The minimum atomic E-state index is -3.92. The van der Waals surface area contributed by atoms with Crippen LogP contribution in [0.25, 0.3) is 0 Å². The Bertz CT molecular complexity index is 1230. The molecule has 0 radical (unpaired) electrons. The lowest BCUT2D eigenvalue weighted by atomic mass is 9.92. The number of carbonyl (C=O) groups excluding carboxylic acids is 1. The van der Waals surface area contributed by atoms with Crippen LogP contribution >= 0.6 is 0 Å². The Morgan fingerprint density at radius 1 is 1.06 bits per heavy atom. The molecule has 3 aromatic carbocycles. The summed E-state index contributed by atoms with van der Waals surface area (Å²) in [6.45, 7) is 0.565. The van der Waals surface area contributed by atoms with Crippen LogP contribution < -0.4 is 10.1 Å². The molecule has 0 unspecified atom stereocenters. The molecule has 0 aromatic heterocycles. The number of fused-ring (bicyclic) bond motifs is 1. The molecule has 8 heteroatoms. The Kier molecular flexibility index (Phi) is 6.76. The fraction of sp³-hybridized carbons (Fsp3) is 0.240. The van der Waals surface area contributed by atoms with Gasteiger partial charge in [0.05, 0.1) is 18.0 Å². The number of methoxy groups -OCH3 is 1. The first kappa shape index (κ1) is 22.9. The molecule has 1 aliphatic rings. The van der Waals surface area contributed by atoms with E-state index in [0.717, 1.165) is 34.6 Å².